The van der Waals surface area contributed by atoms with Crippen LogP contribution >= 0.6 is 12.4 Å². The second kappa shape index (κ2) is 9.13. The summed E-state index contributed by atoms with van der Waals surface area (Å²) in [5.74, 6) is -2.77. The fourth-order valence-electron chi connectivity index (χ4n) is 3.18. The molecule has 1 saturated heterocycles. The summed E-state index contributed by atoms with van der Waals surface area (Å²) in [6.07, 6.45) is -3.79. The van der Waals surface area contributed by atoms with E-state index in [1.165, 1.54) is 7.11 Å². The lowest BCUT2D eigenvalue weighted by Crippen LogP contribution is -2.42. The minimum Gasteiger partial charge on any atom is -0.481 e. The molecule has 0 unspecified atom stereocenters. The van der Waals surface area contributed by atoms with Gasteiger partial charge in [0, 0.05) is 12.1 Å². The molecule has 2 heterocycles. The van der Waals surface area contributed by atoms with E-state index in [1.807, 2.05) is 0 Å². The highest BCUT2D eigenvalue weighted by Crippen LogP contribution is 2.42. The van der Waals surface area contributed by atoms with Crippen molar-refractivity contribution in [2.75, 3.05) is 13.7 Å². The van der Waals surface area contributed by atoms with Crippen molar-refractivity contribution in [3.8, 4) is 11.8 Å². The maximum atomic E-state index is 14.3. The largest absolute Gasteiger partial charge is 0.481 e. The molecule has 28 heavy (non-hydrogen) atoms. The molecule has 1 atom stereocenters. The summed E-state index contributed by atoms with van der Waals surface area (Å²) in [6.45, 7) is 0.796. The molecule has 2 fully saturated rings. The molecule has 1 aromatic heterocycles. The number of carbonyl (C=O) groups excluding carboxylic acids is 1. The van der Waals surface area contributed by atoms with Crippen molar-refractivity contribution in [1.82, 2.24) is 15.6 Å². The number of aromatic nitrogens is 1. The van der Waals surface area contributed by atoms with Gasteiger partial charge in [-0.2, -0.15) is 18.2 Å². The van der Waals surface area contributed by atoms with Gasteiger partial charge in [0.05, 0.1) is 19.1 Å². The van der Waals surface area contributed by atoms with Crippen molar-refractivity contribution < 1.29 is 31.8 Å². The Bertz CT molecular complexity index is 693. The van der Waals surface area contributed by atoms with Crippen LogP contribution in [-0.4, -0.2) is 42.9 Å². The van der Waals surface area contributed by atoms with Gasteiger partial charge in [0.2, 0.25) is 11.8 Å². The van der Waals surface area contributed by atoms with Gasteiger partial charge in [0.25, 0.3) is 5.88 Å². The van der Waals surface area contributed by atoms with Crippen LogP contribution in [0.4, 0.5) is 17.6 Å². The predicted octanol–water partition coefficient (Wildman–Crippen LogP) is 2.74. The fraction of sp³-hybridized carbons (Fsp3) is 0.647. The van der Waals surface area contributed by atoms with Gasteiger partial charge < -0.3 is 20.1 Å². The second-order valence-corrected chi connectivity index (χ2v) is 6.76. The molecule has 1 amide bonds. The summed E-state index contributed by atoms with van der Waals surface area (Å²) in [7, 11) is 1.33. The average molecular weight is 428 g/mol. The van der Waals surface area contributed by atoms with E-state index in [-0.39, 0.29) is 49.6 Å². The molecule has 2 aliphatic rings. The summed E-state index contributed by atoms with van der Waals surface area (Å²) < 4.78 is 62.2. The lowest BCUT2D eigenvalue weighted by Gasteiger charge is -2.36. The number of ether oxygens (including phenoxy) is 2. The third-order valence-electron chi connectivity index (χ3n) is 4.84. The van der Waals surface area contributed by atoms with E-state index in [9.17, 15) is 22.4 Å². The zero-order valence-corrected chi connectivity index (χ0v) is 16.0. The monoisotopic (exact) mass is 427 g/mol. The third kappa shape index (κ3) is 5.16. The Kier molecular flexibility index (Phi) is 7.33. The molecule has 3 rings (SSSR count). The van der Waals surface area contributed by atoms with Gasteiger partial charge in [-0.1, -0.05) is 0 Å². The Hall–Kier alpha value is -1.81. The zero-order chi connectivity index (χ0) is 19.6. The van der Waals surface area contributed by atoms with Gasteiger partial charge >= 0.3 is 6.18 Å². The second-order valence-electron chi connectivity index (χ2n) is 6.76. The van der Waals surface area contributed by atoms with Crippen LogP contribution in [0.5, 0.6) is 11.8 Å². The van der Waals surface area contributed by atoms with Crippen molar-refractivity contribution in [2.45, 2.75) is 50.6 Å². The number of hydrogen-bond donors (Lipinski definition) is 2. The quantitative estimate of drug-likeness (QED) is 0.683. The number of carbonyl (C=O) groups is 1. The summed E-state index contributed by atoms with van der Waals surface area (Å²) >= 11 is 0. The van der Waals surface area contributed by atoms with E-state index >= 15 is 0 Å². The molecule has 0 bridgehead atoms. The van der Waals surface area contributed by atoms with Crippen LogP contribution in [0.15, 0.2) is 6.07 Å². The van der Waals surface area contributed by atoms with Crippen LogP contribution in [0.25, 0.3) is 0 Å². The van der Waals surface area contributed by atoms with Gasteiger partial charge in [-0.3, -0.25) is 4.79 Å². The maximum absolute atomic E-state index is 14.3. The Morgan fingerprint density at radius 1 is 1.36 bits per heavy atom. The zero-order valence-electron chi connectivity index (χ0n) is 15.1. The number of rotatable bonds is 6. The van der Waals surface area contributed by atoms with Crippen molar-refractivity contribution in [1.29, 1.82) is 0 Å². The van der Waals surface area contributed by atoms with E-state index in [0.29, 0.717) is 5.56 Å². The number of pyridine rings is 1. The van der Waals surface area contributed by atoms with Gasteiger partial charge in [-0.25, -0.2) is 4.39 Å². The standard InChI is InChI=1S/C17H21F4N3O3.ClH/c1-26-15-9(8-23-14(25)13-3-2-4-22-13)5-12(18)16(24-15)27-11-6-10(7-11)17(19,20)21;/h5,10-11,13,22H,2-4,6-8H2,1H3,(H,23,25);1H/t10?,11?,13-;/m0./s1. The van der Waals surface area contributed by atoms with E-state index in [4.69, 9.17) is 9.47 Å². The van der Waals surface area contributed by atoms with Gasteiger partial charge in [-0.15, -0.1) is 12.4 Å². The highest BCUT2D eigenvalue weighted by Gasteiger charge is 2.49. The van der Waals surface area contributed by atoms with E-state index in [2.05, 4.69) is 15.6 Å². The molecule has 11 heteroatoms. The summed E-state index contributed by atoms with van der Waals surface area (Å²) in [6, 6.07) is 0.847. The number of nitrogens with one attached hydrogen (secondary N) is 2. The topological polar surface area (TPSA) is 72.5 Å². The van der Waals surface area contributed by atoms with E-state index < -0.39 is 29.9 Å². The number of amides is 1. The number of nitrogens with zero attached hydrogens (tertiary/aromatic N) is 1. The van der Waals surface area contributed by atoms with Gasteiger partial charge in [0.15, 0.2) is 5.82 Å². The molecule has 1 aliphatic carbocycles. The van der Waals surface area contributed by atoms with Crippen molar-refractivity contribution >= 4 is 18.3 Å². The fourth-order valence-corrected chi connectivity index (χ4v) is 3.18. The smallest absolute Gasteiger partial charge is 0.392 e. The Morgan fingerprint density at radius 2 is 2.07 bits per heavy atom. The first-order valence-electron chi connectivity index (χ1n) is 8.75. The molecule has 1 saturated carbocycles. The molecule has 0 radical (unpaired) electrons. The molecule has 0 spiro atoms. The lowest BCUT2D eigenvalue weighted by molar-refractivity contribution is -0.210. The number of methoxy groups -OCH3 is 1. The van der Waals surface area contributed by atoms with Gasteiger partial charge in [-0.05, 0) is 38.3 Å². The summed E-state index contributed by atoms with van der Waals surface area (Å²) in [5.41, 5.74) is 0.315. The first kappa shape index (κ1) is 22.5. The highest BCUT2D eigenvalue weighted by molar-refractivity contribution is 5.85. The van der Waals surface area contributed by atoms with Crippen molar-refractivity contribution in [2.24, 2.45) is 5.92 Å². The number of halogens is 5. The van der Waals surface area contributed by atoms with Crippen LogP contribution in [0.2, 0.25) is 0 Å². The maximum Gasteiger partial charge on any atom is 0.392 e. The summed E-state index contributed by atoms with van der Waals surface area (Å²) in [4.78, 5) is 15.9. The highest BCUT2D eigenvalue weighted by atomic mass is 35.5. The molecule has 2 N–H and O–H groups in total. The average Bonchev–Trinajstić information content (AvgIpc) is 3.10. The third-order valence-corrected chi connectivity index (χ3v) is 4.84. The van der Waals surface area contributed by atoms with E-state index in [1.54, 1.807) is 0 Å². The van der Waals surface area contributed by atoms with Crippen LogP contribution < -0.4 is 20.1 Å². The first-order valence-corrected chi connectivity index (χ1v) is 8.75. The molecule has 0 aromatic carbocycles. The Labute approximate surface area is 165 Å². The van der Waals surface area contributed by atoms with E-state index in [0.717, 1.165) is 25.5 Å². The number of alkyl halides is 3. The van der Waals surface area contributed by atoms with Crippen LogP contribution in [0, 0.1) is 11.7 Å². The molecule has 1 aliphatic heterocycles. The normalized spacial score (nSPS) is 24.1. The molecular formula is C17H22ClF4N3O3. The van der Waals surface area contributed by atoms with Gasteiger partial charge in [0.1, 0.15) is 6.10 Å². The molecular weight excluding hydrogens is 406 g/mol. The van der Waals surface area contributed by atoms with Crippen LogP contribution in [-0.2, 0) is 11.3 Å². The Morgan fingerprint density at radius 3 is 2.64 bits per heavy atom. The molecule has 6 nitrogen and oxygen atoms in total. The van der Waals surface area contributed by atoms with Crippen molar-refractivity contribution in [3.63, 3.8) is 0 Å². The van der Waals surface area contributed by atoms with Crippen LogP contribution in [0.3, 0.4) is 0 Å². The molecule has 158 valence electrons. The minimum absolute atomic E-state index is 0. The number of hydrogen-bond acceptors (Lipinski definition) is 5. The molecule has 1 aromatic rings. The van der Waals surface area contributed by atoms with Crippen molar-refractivity contribution in [3.05, 3.63) is 17.4 Å². The summed E-state index contributed by atoms with van der Waals surface area (Å²) in [5, 5.41) is 5.75. The SMILES string of the molecule is COc1nc(OC2CC(C(F)(F)F)C2)c(F)cc1CNC(=O)[C@@H]1CCCN1.Cl. The first-order chi connectivity index (χ1) is 12.8. The lowest BCUT2D eigenvalue weighted by atomic mass is 9.82. The van der Waals surface area contributed by atoms with Crippen LogP contribution in [0.1, 0.15) is 31.2 Å². The Balaban J connectivity index is 0.00000280. The minimum atomic E-state index is -4.26. The predicted molar refractivity (Wildman–Crippen MR) is 94.1 cm³/mol.